The van der Waals surface area contributed by atoms with E-state index in [1.165, 1.54) is 0 Å². The second kappa shape index (κ2) is 3.97. The van der Waals surface area contributed by atoms with Crippen LogP contribution in [0, 0.1) is 17.2 Å². The molecule has 1 fully saturated rings. The van der Waals surface area contributed by atoms with Crippen LogP contribution in [-0.4, -0.2) is 12.9 Å². The van der Waals surface area contributed by atoms with Gasteiger partial charge in [-0.25, -0.2) is 0 Å². The van der Waals surface area contributed by atoms with Crippen LogP contribution in [0.3, 0.4) is 0 Å². The summed E-state index contributed by atoms with van der Waals surface area (Å²) in [5.74, 6) is 1.28. The number of Topliss-reactive ketones (excluding diaryl/α,β-unsaturated/α-hetero) is 1. The molecule has 0 radical (unpaired) electrons. The number of hydrogen-bond acceptors (Lipinski definition) is 3. The van der Waals surface area contributed by atoms with Crippen LogP contribution in [0.4, 0.5) is 0 Å². The van der Waals surface area contributed by atoms with Gasteiger partial charge < -0.3 is 4.74 Å². The molecule has 1 aromatic carbocycles. The third kappa shape index (κ3) is 1.79. The number of carbonyl (C=O) groups excluding carboxylic acids is 1. The number of ether oxygens (including phenoxy) is 1. The standard InChI is InChI=1S/C13H13NO2/c1-8(15)11-6-12(11)9-3-4-13(16-2)10(5-9)7-14/h3-5,11-12H,6H2,1-2H3. The zero-order valence-electron chi connectivity index (χ0n) is 9.36. The van der Waals surface area contributed by atoms with Crippen LogP contribution in [0.25, 0.3) is 0 Å². The molecule has 2 unspecified atom stereocenters. The molecule has 82 valence electrons. The molecule has 0 bridgehead atoms. The lowest BCUT2D eigenvalue weighted by atomic mass is 10.0. The van der Waals surface area contributed by atoms with Crippen molar-refractivity contribution in [2.24, 2.45) is 5.92 Å². The topological polar surface area (TPSA) is 50.1 Å². The van der Waals surface area contributed by atoms with Gasteiger partial charge in [-0.15, -0.1) is 0 Å². The third-order valence-corrected chi connectivity index (χ3v) is 3.08. The fourth-order valence-corrected chi connectivity index (χ4v) is 2.06. The molecule has 1 aromatic rings. The van der Waals surface area contributed by atoms with E-state index in [2.05, 4.69) is 6.07 Å². The SMILES string of the molecule is COc1ccc(C2CC2C(C)=O)cc1C#N. The Labute approximate surface area is 94.6 Å². The molecule has 3 nitrogen and oxygen atoms in total. The monoisotopic (exact) mass is 215 g/mol. The molecule has 1 aliphatic rings. The predicted molar refractivity (Wildman–Crippen MR) is 59.2 cm³/mol. The number of nitriles is 1. The number of rotatable bonds is 3. The van der Waals surface area contributed by atoms with Crippen LogP contribution in [0.1, 0.15) is 30.4 Å². The Bertz CT molecular complexity index is 473. The molecule has 0 N–H and O–H groups in total. The second-order valence-electron chi connectivity index (χ2n) is 4.13. The Morgan fingerprint density at radius 2 is 2.31 bits per heavy atom. The predicted octanol–water partition coefficient (Wildman–Crippen LogP) is 2.26. The summed E-state index contributed by atoms with van der Waals surface area (Å²) < 4.78 is 5.08. The molecular weight excluding hydrogens is 202 g/mol. The highest BCUT2D eigenvalue weighted by molar-refractivity contribution is 5.82. The van der Waals surface area contributed by atoms with Crippen LogP contribution in [0.2, 0.25) is 0 Å². The van der Waals surface area contributed by atoms with E-state index in [0.717, 1.165) is 12.0 Å². The summed E-state index contributed by atoms with van der Waals surface area (Å²) in [6, 6.07) is 7.66. The fourth-order valence-electron chi connectivity index (χ4n) is 2.06. The Hall–Kier alpha value is -1.82. The first-order valence-corrected chi connectivity index (χ1v) is 5.26. The normalized spacial score (nSPS) is 22.3. The van der Waals surface area contributed by atoms with Gasteiger partial charge in [0, 0.05) is 5.92 Å². The molecule has 2 atom stereocenters. The third-order valence-electron chi connectivity index (χ3n) is 3.08. The first-order chi connectivity index (χ1) is 7.67. The number of ketones is 1. The van der Waals surface area contributed by atoms with Gasteiger partial charge in [-0.05, 0) is 37.0 Å². The van der Waals surface area contributed by atoms with E-state index < -0.39 is 0 Å². The van der Waals surface area contributed by atoms with E-state index in [4.69, 9.17) is 10.00 Å². The molecule has 16 heavy (non-hydrogen) atoms. The number of hydrogen-bond donors (Lipinski definition) is 0. The van der Waals surface area contributed by atoms with Crippen molar-refractivity contribution in [2.75, 3.05) is 7.11 Å². The van der Waals surface area contributed by atoms with E-state index in [0.29, 0.717) is 17.2 Å². The zero-order chi connectivity index (χ0) is 11.7. The number of carbonyl (C=O) groups is 1. The molecule has 0 heterocycles. The van der Waals surface area contributed by atoms with E-state index in [-0.39, 0.29) is 11.7 Å². The summed E-state index contributed by atoms with van der Waals surface area (Å²) in [7, 11) is 1.55. The van der Waals surface area contributed by atoms with Crippen molar-refractivity contribution >= 4 is 5.78 Å². The van der Waals surface area contributed by atoms with Crippen LogP contribution in [0.5, 0.6) is 5.75 Å². The largest absolute Gasteiger partial charge is 0.495 e. The van der Waals surface area contributed by atoms with Crippen molar-refractivity contribution in [1.82, 2.24) is 0 Å². The van der Waals surface area contributed by atoms with Crippen molar-refractivity contribution in [3.63, 3.8) is 0 Å². The fraction of sp³-hybridized carbons (Fsp3) is 0.385. The Morgan fingerprint density at radius 1 is 1.56 bits per heavy atom. The van der Waals surface area contributed by atoms with Crippen LogP contribution < -0.4 is 4.74 Å². The van der Waals surface area contributed by atoms with Crippen LogP contribution in [-0.2, 0) is 4.79 Å². The van der Waals surface area contributed by atoms with Crippen molar-refractivity contribution < 1.29 is 9.53 Å². The molecule has 0 aromatic heterocycles. The second-order valence-corrected chi connectivity index (χ2v) is 4.13. The Morgan fingerprint density at radius 3 is 2.81 bits per heavy atom. The maximum atomic E-state index is 11.2. The minimum Gasteiger partial charge on any atom is -0.495 e. The van der Waals surface area contributed by atoms with Crippen LogP contribution >= 0.6 is 0 Å². The molecule has 0 amide bonds. The molecule has 3 heteroatoms. The average Bonchev–Trinajstić information content (AvgIpc) is 3.08. The average molecular weight is 215 g/mol. The highest BCUT2D eigenvalue weighted by Gasteiger charge is 2.41. The number of methoxy groups -OCH3 is 1. The number of nitrogens with zero attached hydrogens (tertiary/aromatic N) is 1. The summed E-state index contributed by atoms with van der Waals surface area (Å²) in [4.78, 5) is 11.2. The molecule has 2 rings (SSSR count). The van der Waals surface area contributed by atoms with Gasteiger partial charge in [0.25, 0.3) is 0 Å². The highest BCUT2D eigenvalue weighted by Crippen LogP contribution is 2.48. The lowest BCUT2D eigenvalue weighted by Gasteiger charge is -2.05. The summed E-state index contributed by atoms with van der Waals surface area (Å²) in [5.41, 5.74) is 1.60. The summed E-state index contributed by atoms with van der Waals surface area (Å²) in [6.07, 6.45) is 0.909. The van der Waals surface area contributed by atoms with Gasteiger partial charge in [0.2, 0.25) is 0 Å². The highest BCUT2D eigenvalue weighted by atomic mass is 16.5. The number of benzene rings is 1. The molecular formula is C13H13NO2. The van der Waals surface area contributed by atoms with Crippen molar-refractivity contribution in [3.05, 3.63) is 29.3 Å². The van der Waals surface area contributed by atoms with E-state index in [9.17, 15) is 4.79 Å². The summed E-state index contributed by atoms with van der Waals surface area (Å²) >= 11 is 0. The zero-order valence-corrected chi connectivity index (χ0v) is 9.36. The molecule has 1 aliphatic carbocycles. The minimum absolute atomic E-state index is 0.153. The van der Waals surface area contributed by atoms with Crippen LogP contribution in [0.15, 0.2) is 18.2 Å². The molecule has 0 aliphatic heterocycles. The Kier molecular flexibility index (Phi) is 2.66. The molecule has 1 saturated carbocycles. The van der Waals surface area contributed by atoms with Crippen molar-refractivity contribution in [3.8, 4) is 11.8 Å². The lowest BCUT2D eigenvalue weighted by Crippen LogP contribution is -1.96. The van der Waals surface area contributed by atoms with Crippen molar-refractivity contribution in [2.45, 2.75) is 19.3 Å². The van der Waals surface area contributed by atoms with E-state index in [1.54, 1.807) is 20.1 Å². The van der Waals surface area contributed by atoms with Gasteiger partial charge in [-0.2, -0.15) is 5.26 Å². The Balaban J connectivity index is 2.26. The minimum atomic E-state index is 0.153. The smallest absolute Gasteiger partial charge is 0.136 e. The molecule has 0 spiro atoms. The van der Waals surface area contributed by atoms with E-state index >= 15 is 0 Å². The first kappa shape index (κ1) is 10.7. The quantitative estimate of drug-likeness (QED) is 0.777. The maximum absolute atomic E-state index is 11.2. The van der Waals surface area contributed by atoms with Gasteiger partial charge in [-0.3, -0.25) is 4.79 Å². The summed E-state index contributed by atoms with van der Waals surface area (Å²) in [5, 5.41) is 8.95. The molecule has 0 saturated heterocycles. The van der Waals surface area contributed by atoms with Gasteiger partial charge >= 0.3 is 0 Å². The van der Waals surface area contributed by atoms with Gasteiger partial charge in [0.15, 0.2) is 0 Å². The van der Waals surface area contributed by atoms with E-state index in [1.807, 2.05) is 12.1 Å². The summed E-state index contributed by atoms with van der Waals surface area (Å²) in [6.45, 7) is 1.62. The maximum Gasteiger partial charge on any atom is 0.136 e. The first-order valence-electron chi connectivity index (χ1n) is 5.26. The van der Waals surface area contributed by atoms with Gasteiger partial charge in [-0.1, -0.05) is 6.07 Å². The lowest BCUT2D eigenvalue weighted by molar-refractivity contribution is -0.118. The van der Waals surface area contributed by atoms with Crippen molar-refractivity contribution in [1.29, 1.82) is 5.26 Å². The van der Waals surface area contributed by atoms with Gasteiger partial charge in [0.1, 0.15) is 17.6 Å². The van der Waals surface area contributed by atoms with Gasteiger partial charge in [0.05, 0.1) is 12.7 Å².